The number of hydrogen-bond donors (Lipinski definition) is 0. The van der Waals surface area contributed by atoms with Crippen LogP contribution in [0, 0.1) is 0 Å². The highest BCUT2D eigenvalue weighted by molar-refractivity contribution is 8.18. The average molecular weight is 424 g/mol. The Kier molecular flexibility index (Phi) is 5.36. The maximum atomic E-state index is 12.9. The summed E-state index contributed by atoms with van der Waals surface area (Å²) in [5.41, 5.74) is 0.397. The summed E-state index contributed by atoms with van der Waals surface area (Å²) in [4.78, 5) is 44.9. The van der Waals surface area contributed by atoms with Crippen LogP contribution in [0.25, 0.3) is 6.08 Å². The molecule has 2 aromatic carbocycles. The molecule has 2 aliphatic rings. The molecule has 0 spiro atoms. The van der Waals surface area contributed by atoms with E-state index in [4.69, 9.17) is 9.57 Å². The predicted molar refractivity (Wildman–Crippen MR) is 112 cm³/mol. The van der Waals surface area contributed by atoms with Crippen LogP contribution in [0.5, 0.6) is 5.75 Å². The lowest BCUT2D eigenvalue weighted by molar-refractivity contribution is -0.162. The van der Waals surface area contributed by atoms with E-state index in [0.29, 0.717) is 11.3 Å². The number of para-hydroxylation sites is 1. The van der Waals surface area contributed by atoms with Crippen LogP contribution in [0.4, 0.5) is 4.79 Å². The normalized spacial score (nSPS) is 19.3. The number of fused-ring (bicyclic) bond motifs is 1. The van der Waals surface area contributed by atoms with Crippen molar-refractivity contribution in [3.63, 3.8) is 0 Å². The van der Waals surface area contributed by atoms with Crippen molar-refractivity contribution < 1.29 is 24.0 Å². The molecule has 8 heteroatoms. The number of hydrogen-bond acceptors (Lipinski definition) is 6. The standard InChI is InChI=1S/C22H20N2O5S/c1-22(2)23(19(25)16-10-6-7-11-17(16)29-22)12-13-28-24-20(26)18(30-21(24)27)14-15-8-4-3-5-9-15/h3-11,14H,12-13H2,1-2H3. The van der Waals surface area contributed by atoms with E-state index in [-0.39, 0.29) is 24.0 Å². The predicted octanol–water partition coefficient (Wildman–Crippen LogP) is 3.93. The van der Waals surface area contributed by atoms with E-state index >= 15 is 0 Å². The smallest absolute Gasteiger partial charge is 0.317 e. The van der Waals surface area contributed by atoms with Crippen LogP contribution in [-0.4, -0.2) is 45.9 Å². The summed E-state index contributed by atoms with van der Waals surface area (Å²) < 4.78 is 5.94. The third-order valence-corrected chi connectivity index (χ3v) is 5.62. The first-order valence-corrected chi connectivity index (χ1v) is 10.2. The number of carbonyl (C=O) groups is 3. The molecule has 0 aliphatic carbocycles. The second-order valence-electron chi connectivity index (χ2n) is 7.22. The Morgan fingerprint density at radius 1 is 1.00 bits per heavy atom. The molecule has 0 aromatic heterocycles. The van der Waals surface area contributed by atoms with Crippen molar-refractivity contribution in [2.24, 2.45) is 0 Å². The van der Waals surface area contributed by atoms with Crippen LogP contribution in [0.1, 0.15) is 29.8 Å². The number of benzene rings is 2. The second kappa shape index (κ2) is 7.97. The minimum absolute atomic E-state index is 0.0304. The van der Waals surface area contributed by atoms with Crippen molar-refractivity contribution in [2.75, 3.05) is 13.2 Å². The van der Waals surface area contributed by atoms with Gasteiger partial charge in [0.15, 0.2) is 5.72 Å². The molecule has 0 N–H and O–H groups in total. The SMILES string of the molecule is CC1(C)Oc2ccccc2C(=O)N1CCON1C(=O)SC(=Cc2ccccc2)C1=O. The fourth-order valence-corrected chi connectivity index (χ4v) is 4.08. The van der Waals surface area contributed by atoms with E-state index in [2.05, 4.69) is 0 Å². The minimum Gasteiger partial charge on any atom is -0.468 e. The number of imide groups is 1. The fourth-order valence-electron chi connectivity index (χ4n) is 3.31. The van der Waals surface area contributed by atoms with Gasteiger partial charge in [-0.2, -0.15) is 0 Å². The van der Waals surface area contributed by atoms with Crippen molar-refractivity contribution in [1.29, 1.82) is 0 Å². The summed E-state index contributed by atoms with van der Waals surface area (Å²) in [5, 5.41) is 0.239. The third-order valence-electron chi connectivity index (χ3n) is 4.76. The molecule has 3 amide bonds. The molecule has 0 radical (unpaired) electrons. The highest BCUT2D eigenvalue weighted by Gasteiger charge is 2.40. The van der Waals surface area contributed by atoms with Gasteiger partial charge in [0.2, 0.25) is 0 Å². The van der Waals surface area contributed by atoms with E-state index in [1.54, 1.807) is 38.1 Å². The Morgan fingerprint density at radius 3 is 2.47 bits per heavy atom. The van der Waals surface area contributed by atoms with Gasteiger partial charge in [-0.1, -0.05) is 42.5 Å². The first kappa shape index (κ1) is 20.2. The highest BCUT2D eigenvalue weighted by atomic mass is 32.2. The van der Waals surface area contributed by atoms with Crippen molar-refractivity contribution in [2.45, 2.75) is 19.6 Å². The lowest BCUT2D eigenvalue weighted by Crippen LogP contribution is -2.56. The summed E-state index contributed by atoms with van der Waals surface area (Å²) >= 11 is 0.822. The molecule has 154 valence electrons. The Morgan fingerprint density at radius 2 is 1.70 bits per heavy atom. The maximum Gasteiger partial charge on any atom is 0.317 e. The van der Waals surface area contributed by atoms with Crippen LogP contribution in [0.3, 0.4) is 0 Å². The summed E-state index contributed by atoms with van der Waals surface area (Å²) in [5.74, 6) is -0.176. The largest absolute Gasteiger partial charge is 0.468 e. The minimum atomic E-state index is -0.888. The van der Waals surface area contributed by atoms with Crippen molar-refractivity contribution in [1.82, 2.24) is 9.96 Å². The van der Waals surface area contributed by atoms with E-state index in [9.17, 15) is 14.4 Å². The Bertz CT molecular complexity index is 1030. The van der Waals surface area contributed by atoms with E-state index in [0.717, 1.165) is 22.4 Å². The first-order valence-electron chi connectivity index (χ1n) is 9.43. The molecule has 1 saturated heterocycles. The monoisotopic (exact) mass is 424 g/mol. The quantitative estimate of drug-likeness (QED) is 0.677. The number of nitrogens with zero attached hydrogens (tertiary/aromatic N) is 2. The van der Waals surface area contributed by atoms with Gasteiger partial charge in [0.05, 0.1) is 23.6 Å². The van der Waals surface area contributed by atoms with Gasteiger partial charge in [-0.15, -0.1) is 5.06 Å². The van der Waals surface area contributed by atoms with Gasteiger partial charge in [-0.3, -0.25) is 24.1 Å². The van der Waals surface area contributed by atoms with E-state index in [1.807, 2.05) is 36.4 Å². The number of rotatable bonds is 5. The summed E-state index contributed by atoms with van der Waals surface area (Å²) in [6.45, 7) is 3.68. The van der Waals surface area contributed by atoms with Crippen LogP contribution in [-0.2, 0) is 9.63 Å². The van der Waals surface area contributed by atoms with Gasteiger partial charge in [0, 0.05) is 0 Å². The molecule has 0 unspecified atom stereocenters. The van der Waals surface area contributed by atoms with E-state index in [1.165, 1.54) is 4.90 Å². The Labute approximate surface area is 178 Å². The lowest BCUT2D eigenvalue weighted by atomic mass is 10.1. The van der Waals surface area contributed by atoms with Crippen molar-refractivity contribution >= 4 is 34.9 Å². The number of thioether (sulfide) groups is 1. The molecule has 2 heterocycles. The number of carbonyl (C=O) groups excluding carboxylic acids is 3. The fraction of sp³-hybridized carbons (Fsp3) is 0.227. The van der Waals surface area contributed by atoms with Crippen LogP contribution in [0.15, 0.2) is 59.5 Å². The van der Waals surface area contributed by atoms with E-state index < -0.39 is 16.9 Å². The number of amides is 3. The van der Waals surface area contributed by atoms with Gasteiger partial charge >= 0.3 is 5.24 Å². The molecular formula is C22H20N2O5S. The molecule has 7 nitrogen and oxygen atoms in total. The zero-order chi connectivity index (χ0) is 21.3. The number of hydroxylamine groups is 2. The van der Waals surface area contributed by atoms with Crippen LogP contribution < -0.4 is 4.74 Å². The van der Waals surface area contributed by atoms with Crippen LogP contribution >= 0.6 is 11.8 Å². The van der Waals surface area contributed by atoms with Gasteiger partial charge < -0.3 is 4.74 Å². The van der Waals surface area contributed by atoms with Gasteiger partial charge in [0.1, 0.15) is 5.75 Å². The van der Waals surface area contributed by atoms with Crippen molar-refractivity contribution in [3.8, 4) is 5.75 Å². The molecule has 0 bridgehead atoms. The van der Waals surface area contributed by atoms with Crippen molar-refractivity contribution in [3.05, 3.63) is 70.6 Å². The maximum absolute atomic E-state index is 12.9. The summed E-state index contributed by atoms with van der Waals surface area (Å²) in [6.07, 6.45) is 1.65. The molecule has 2 aromatic rings. The van der Waals surface area contributed by atoms with Gasteiger partial charge in [0.25, 0.3) is 11.8 Å². The zero-order valence-corrected chi connectivity index (χ0v) is 17.3. The highest BCUT2D eigenvalue weighted by Crippen LogP contribution is 2.34. The average Bonchev–Trinajstić information content (AvgIpc) is 2.98. The Balaban J connectivity index is 1.42. The summed E-state index contributed by atoms with van der Waals surface area (Å²) in [6, 6.07) is 16.3. The lowest BCUT2D eigenvalue weighted by Gasteiger charge is -2.42. The molecule has 0 saturated carbocycles. The number of ether oxygens (including phenoxy) is 1. The molecule has 4 rings (SSSR count). The molecule has 1 fully saturated rings. The van der Waals surface area contributed by atoms with Gasteiger partial charge in [-0.05, 0) is 49.4 Å². The molecular weight excluding hydrogens is 404 g/mol. The molecule has 0 atom stereocenters. The van der Waals surface area contributed by atoms with Gasteiger partial charge in [-0.25, -0.2) is 0 Å². The Hall–Kier alpha value is -3.10. The zero-order valence-electron chi connectivity index (χ0n) is 16.5. The third kappa shape index (κ3) is 3.83. The summed E-state index contributed by atoms with van der Waals surface area (Å²) in [7, 11) is 0. The molecule has 30 heavy (non-hydrogen) atoms. The second-order valence-corrected chi connectivity index (χ2v) is 8.21. The van der Waals surface area contributed by atoms with Crippen LogP contribution in [0.2, 0.25) is 0 Å². The topological polar surface area (TPSA) is 76.2 Å². The first-order chi connectivity index (χ1) is 14.4. The molecule has 2 aliphatic heterocycles.